The fourth-order valence-electron chi connectivity index (χ4n) is 1.02. The summed E-state index contributed by atoms with van der Waals surface area (Å²) in [4.78, 5) is 0. The van der Waals surface area contributed by atoms with E-state index in [1.807, 2.05) is 0 Å². The van der Waals surface area contributed by atoms with E-state index in [-0.39, 0.29) is 0 Å². The van der Waals surface area contributed by atoms with Crippen LogP contribution in [0.4, 0.5) is 0 Å². The van der Waals surface area contributed by atoms with Gasteiger partial charge in [0.05, 0.1) is 6.61 Å². The first-order valence-corrected chi connectivity index (χ1v) is 8.82. The van der Waals surface area contributed by atoms with Crippen LogP contribution in [0.3, 0.4) is 0 Å². The van der Waals surface area contributed by atoms with Crippen LogP contribution < -0.4 is 0 Å². The summed E-state index contributed by atoms with van der Waals surface area (Å²) in [6.45, 7) is 8.03. The molecule has 1 fully saturated rings. The number of hydrogen-bond donors (Lipinski definition) is 0. The highest BCUT2D eigenvalue weighted by Gasteiger charge is 2.16. The lowest BCUT2D eigenvalue weighted by atomic mass is 10.4. The summed E-state index contributed by atoms with van der Waals surface area (Å²) in [6.07, 6.45) is 7.11. The summed E-state index contributed by atoms with van der Waals surface area (Å²) in [6, 6.07) is 0. The van der Waals surface area contributed by atoms with Crippen molar-refractivity contribution in [1.29, 1.82) is 0 Å². The summed E-state index contributed by atoms with van der Waals surface area (Å²) < 4.78 is 5.37. The topological polar surface area (TPSA) is 9.23 Å². The summed E-state index contributed by atoms with van der Waals surface area (Å²) >= 11 is 0. The minimum atomic E-state index is -1.19. The lowest BCUT2D eigenvalue weighted by molar-refractivity contribution is 0.199. The van der Waals surface area contributed by atoms with Crippen LogP contribution in [0.2, 0.25) is 19.6 Å². The SMILES string of the molecule is C[Si](C)(C)C#CCOC/C=C/C1CC1. The Morgan fingerprint density at radius 3 is 2.64 bits per heavy atom. The molecule has 1 aliphatic rings. The van der Waals surface area contributed by atoms with Gasteiger partial charge in [0.1, 0.15) is 14.7 Å². The average Bonchev–Trinajstić information content (AvgIpc) is 2.84. The second-order valence-corrected chi connectivity index (χ2v) is 9.58. The van der Waals surface area contributed by atoms with Crippen molar-refractivity contribution in [2.75, 3.05) is 13.2 Å². The molecule has 0 saturated heterocycles. The van der Waals surface area contributed by atoms with E-state index >= 15 is 0 Å². The summed E-state index contributed by atoms with van der Waals surface area (Å²) in [5, 5.41) is 0. The quantitative estimate of drug-likeness (QED) is 0.299. The van der Waals surface area contributed by atoms with Gasteiger partial charge >= 0.3 is 0 Å². The minimum Gasteiger partial charge on any atom is -0.365 e. The van der Waals surface area contributed by atoms with Gasteiger partial charge in [-0.3, -0.25) is 0 Å². The molecule has 0 radical (unpaired) electrons. The van der Waals surface area contributed by atoms with Crippen LogP contribution in [0, 0.1) is 17.4 Å². The Balaban J connectivity index is 1.99. The number of rotatable bonds is 4. The van der Waals surface area contributed by atoms with Crippen molar-refractivity contribution in [2.24, 2.45) is 5.92 Å². The molecule has 0 aromatic carbocycles. The van der Waals surface area contributed by atoms with Crippen LogP contribution in [-0.2, 0) is 4.74 Å². The molecule has 0 unspecified atom stereocenters. The molecule has 1 aliphatic carbocycles. The molecule has 78 valence electrons. The molecule has 2 heteroatoms. The maximum absolute atomic E-state index is 5.37. The molecule has 1 nitrogen and oxygen atoms in total. The average molecular weight is 208 g/mol. The molecule has 0 amide bonds. The van der Waals surface area contributed by atoms with Gasteiger partial charge in [0.2, 0.25) is 0 Å². The van der Waals surface area contributed by atoms with Crippen LogP contribution in [0.15, 0.2) is 12.2 Å². The second kappa shape index (κ2) is 5.38. The zero-order valence-electron chi connectivity index (χ0n) is 9.47. The van der Waals surface area contributed by atoms with E-state index in [1.165, 1.54) is 12.8 Å². The fraction of sp³-hybridized carbons (Fsp3) is 0.667. The van der Waals surface area contributed by atoms with Crippen molar-refractivity contribution in [3.63, 3.8) is 0 Å². The first kappa shape index (κ1) is 11.6. The Hall–Kier alpha value is -0.523. The zero-order chi connectivity index (χ0) is 10.4. The fourth-order valence-corrected chi connectivity index (χ4v) is 1.62. The summed E-state index contributed by atoms with van der Waals surface area (Å²) in [7, 11) is -1.19. The lowest BCUT2D eigenvalue weighted by Gasteiger charge is -2.03. The normalized spacial score (nSPS) is 16.8. The molecule has 1 rings (SSSR count). The molecule has 0 atom stereocenters. The smallest absolute Gasteiger partial charge is 0.129 e. The van der Waals surface area contributed by atoms with Gasteiger partial charge in [-0.05, 0) is 18.8 Å². The van der Waals surface area contributed by atoms with E-state index in [4.69, 9.17) is 4.74 Å². The number of ether oxygens (including phenoxy) is 1. The standard InChI is InChI=1S/C12H20OSi/c1-14(2,3)11-5-10-13-9-4-6-12-7-8-12/h4,6,12H,7-10H2,1-3H3/b6-4+. The zero-order valence-corrected chi connectivity index (χ0v) is 10.5. The van der Waals surface area contributed by atoms with E-state index in [1.54, 1.807) is 0 Å². The van der Waals surface area contributed by atoms with E-state index in [2.05, 4.69) is 43.3 Å². The van der Waals surface area contributed by atoms with Crippen LogP contribution in [0.1, 0.15) is 12.8 Å². The van der Waals surface area contributed by atoms with Gasteiger partial charge < -0.3 is 4.74 Å². The van der Waals surface area contributed by atoms with Crippen LogP contribution in [0.5, 0.6) is 0 Å². The Morgan fingerprint density at radius 1 is 1.36 bits per heavy atom. The molecule has 0 bridgehead atoms. The van der Waals surface area contributed by atoms with Gasteiger partial charge in [-0.2, -0.15) is 0 Å². The van der Waals surface area contributed by atoms with Crippen LogP contribution in [-0.4, -0.2) is 21.3 Å². The van der Waals surface area contributed by atoms with Gasteiger partial charge in [-0.25, -0.2) is 0 Å². The highest BCUT2D eigenvalue weighted by Crippen LogP contribution is 2.29. The minimum absolute atomic E-state index is 0.583. The third-order valence-corrected chi connectivity index (χ3v) is 2.81. The lowest BCUT2D eigenvalue weighted by Crippen LogP contribution is -2.16. The first-order valence-electron chi connectivity index (χ1n) is 5.32. The van der Waals surface area contributed by atoms with E-state index in [9.17, 15) is 0 Å². The molecular formula is C12H20OSi. The van der Waals surface area contributed by atoms with Gasteiger partial charge in [-0.1, -0.05) is 37.7 Å². The number of allylic oxidation sites excluding steroid dienone is 1. The summed E-state index contributed by atoms with van der Waals surface area (Å²) in [5.74, 6) is 3.94. The van der Waals surface area contributed by atoms with Gasteiger partial charge in [0, 0.05) is 0 Å². The van der Waals surface area contributed by atoms with Crippen LogP contribution >= 0.6 is 0 Å². The Kier molecular flexibility index (Phi) is 4.44. The Bertz CT molecular complexity index is 248. The molecular weight excluding hydrogens is 188 g/mol. The predicted molar refractivity (Wildman–Crippen MR) is 63.8 cm³/mol. The van der Waals surface area contributed by atoms with E-state index in [0.717, 1.165) is 12.5 Å². The first-order chi connectivity index (χ1) is 6.58. The molecule has 0 aliphatic heterocycles. The predicted octanol–water partition coefficient (Wildman–Crippen LogP) is 2.85. The largest absolute Gasteiger partial charge is 0.365 e. The second-order valence-electron chi connectivity index (χ2n) is 4.83. The maximum Gasteiger partial charge on any atom is 0.129 e. The van der Waals surface area contributed by atoms with E-state index in [0.29, 0.717) is 6.61 Å². The van der Waals surface area contributed by atoms with Gasteiger partial charge in [0.15, 0.2) is 0 Å². The van der Waals surface area contributed by atoms with Crippen molar-refractivity contribution in [2.45, 2.75) is 32.5 Å². The third-order valence-electron chi connectivity index (χ3n) is 1.88. The van der Waals surface area contributed by atoms with Crippen molar-refractivity contribution >= 4 is 8.07 Å². The van der Waals surface area contributed by atoms with Gasteiger partial charge in [0.25, 0.3) is 0 Å². The van der Waals surface area contributed by atoms with E-state index < -0.39 is 8.07 Å². The van der Waals surface area contributed by atoms with Crippen LogP contribution in [0.25, 0.3) is 0 Å². The van der Waals surface area contributed by atoms with Crippen molar-refractivity contribution in [3.05, 3.63) is 12.2 Å². The van der Waals surface area contributed by atoms with Crippen molar-refractivity contribution in [3.8, 4) is 11.5 Å². The molecule has 0 aromatic heterocycles. The Labute approximate surface area is 88.6 Å². The highest BCUT2D eigenvalue weighted by atomic mass is 28.3. The maximum atomic E-state index is 5.37. The van der Waals surface area contributed by atoms with Gasteiger partial charge in [-0.15, -0.1) is 5.54 Å². The molecule has 0 heterocycles. The summed E-state index contributed by atoms with van der Waals surface area (Å²) in [5.41, 5.74) is 3.27. The highest BCUT2D eigenvalue weighted by molar-refractivity contribution is 6.83. The Morgan fingerprint density at radius 2 is 2.07 bits per heavy atom. The number of hydrogen-bond acceptors (Lipinski definition) is 1. The molecule has 0 N–H and O–H groups in total. The molecule has 14 heavy (non-hydrogen) atoms. The van der Waals surface area contributed by atoms with Crippen molar-refractivity contribution in [1.82, 2.24) is 0 Å². The van der Waals surface area contributed by atoms with Crippen molar-refractivity contribution < 1.29 is 4.74 Å². The molecule has 0 aromatic rings. The monoisotopic (exact) mass is 208 g/mol. The molecule has 0 spiro atoms. The molecule has 1 saturated carbocycles. The third kappa shape index (κ3) is 6.94.